The van der Waals surface area contributed by atoms with E-state index in [-0.39, 0.29) is 11.5 Å². The van der Waals surface area contributed by atoms with Crippen LogP contribution in [-0.4, -0.2) is 23.4 Å². The van der Waals surface area contributed by atoms with E-state index in [0.717, 1.165) is 50.9 Å². The lowest BCUT2D eigenvalue weighted by atomic mass is 10.0. The van der Waals surface area contributed by atoms with E-state index < -0.39 is 0 Å². The SMILES string of the molecule is CCCCOCCCCCCCc1cccc(O)c1O. The predicted molar refractivity (Wildman–Crippen MR) is 82.3 cm³/mol. The number of hydrogen-bond acceptors (Lipinski definition) is 3. The van der Waals surface area contributed by atoms with Crippen molar-refractivity contribution in [3.05, 3.63) is 23.8 Å². The third-order valence-electron chi connectivity index (χ3n) is 3.48. The third kappa shape index (κ3) is 6.80. The van der Waals surface area contributed by atoms with E-state index in [1.165, 1.54) is 25.3 Å². The van der Waals surface area contributed by atoms with Crippen molar-refractivity contribution in [1.29, 1.82) is 0 Å². The Hall–Kier alpha value is -1.22. The van der Waals surface area contributed by atoms with Crippen LogP contribution in [0.25, 0.3) is 0 Å². The molecule has 0 aromatic heterocycles. The van der Waals surface area contributed by atoms with Crippen LogP contribution in [0, 0.1) is 0 Å². The van der Waals surface area contributed by atoms with Gasteiger partial charge in [-0.25, -0.2) is 0 Å². The van der Waals surface area contributed by atoms with Gasteiger partial charge >= 0.3 is 0 Å². The molecule has 0 spiro atoms. The summed E-state index contributed by atoms with van der Waals surface area (Å²) in [7, 11) is 0. The van der Waals surface area contributed by atoms with Gasteiger partial charge in [0.2, 0.25) is 0 Å². The van der Waals surface area contributed by atoms with Crippen molar-refractivity contribution in [3.8, 4) is 11.5 Å². The lowest BCUT2D eigenvalue weighted by molar-refractivity contribution is 0.127. The Kier molecular flexibility index (Phi) is 8.88. The minimum atomic E-state index is -0.0215. The van der Waals surface area contributed by atoms with Crippen LogP contribution in [0.2, 0.25) is 0 Å². The van der Waals surface area contributed by atoms with E-state index in [1.54, 1.807) is 6.07 Å². The summed E-state index contributed by atoms with van der Waals surface area (Å²) in [5.74, 6) is 0.0172. The van der Waals surface area contributed by atoms with Gasteiger partial charge in [-0.3, -0.25) is 0 Å². The summed E-state index contributed by atoms with van der Waals surface area (Å²) in [5, 5.41) is 19.1. The topological polar surface area (TPSA) is 49.7 Å². The second-order valence-electron chi connectivity index (χ2n) is 5.27. The van der Waals surface area contributed by atoms with E-state index in [9.17, 15) is 10.2 Å². The highest BCUT2D eigenvalue weighted by atomic mass is 16.5. The van der Waals surface area contributed by atoms with Crippen molar-refractivity contribution in [2.75, 3.05) is 13.2 Å². The third-order valence-corrected chi connectivity index (χ3v) is 3.48. The highest BCUT2D eigenvalue weighted by Crippen LogP contribution is 2.29. The molecule has 1 aromatic rings. The van der Waals surface area contributed by atoms with Gasteiger partial charge in [0.05, 0.1) is 0 Å². The number of benzene rings is 1. The van der Waals surface area contributed by atoms with Crippen molar-refractivity contribution < 1.29 is 14.9 Å². The monoisotopic (exact) mass is 280 g/mol. The molecule has 0 heterocycles. The molecule has 0 saturated carbocycles. The molecule has 0 fully saturated rings. The van der Waals surface area contributed by atoms with Crippen LogP contribution < -0.4 is 0 Å². The molecule has 3 nitrogen and oxygen atoms in total. The van der Waals surface area contributed by atoms with E-state index in [1.807, 2.05) is 6.07 Å². The van der Waals surface area contributed by atoms with Gasteiger partial charge < -0.3 is 14.9 Å². The summed E-state index contributed by atoms with van der Waals surface area (Å²) >= 11 is 0. The number of phenolic OH excluding ortho intramolecular Hbond substituents is 2. The number of rotatable bonds is 11. The highest BCUT2D eigenvalue weighted by Gasteiger charge is 2.04. The van der Waals surface area contributed by atoms with Gasteiger partial charge in [-0.05, 0) is 37.3 Å². The van der Waals surface area contributed by atoms with Crippen LogP contribution in [0.5, 0.6) is 11.5 Å². The molecule has 0 unspecified atom stereocenters. The van der Waals surface area contributed by atoms with Crippen LogP contribution >= 0.6 is 0 Å². The number of hydrogen-bond donors (Lipinski definition) is 2. The van der Waals surface area contributed by atoms with Gasteiger partial charge in [0, 0.05) is 13.2 Å². The summed E-state index contributed by atoms with van der Waals surface area (Å²) in [5.41, 5.74) is 0.841. The first kappa shape index (κ1) is 16.8. The lowest BCUT2D eigenvalue weighted by Crippen LogP contribution is -1.96. The highest BCUT2D eigenvalue weighted by molar-refractivity contribution is 5.44. The van der Waals surface area contributed by atoms with Crippen molar-refractivity contribution >= 4 is 0 Å². The first-order valence-electron chi connectivity index (χ1n) is 7.83. The predicted octanol–water partition coefficient (Wildman–Crippen LogP) is 4.41. The lowest BCUT2D eigenvalue weighted by Gasteiger charge is -2.06. The number of aryl methyl sites for hydroxylation is 1. The molecular formula is C17H28O3. The van der Waals surface area contributed by atoms with Gasteiger partial charge in [-0.2, -0.15) is 0 Å². The largest absolute Gasteiger partial charge is 0.504 e. The molecule has 0 saturated heterocycles. The molecule has 0 bridgehead atoms. The van der Waals surface area contributed by atoms with Crippen LogP contribution in [-0.2, 0) is 11.2 Å². The molecule has 1 rings (SSSR count). The van der Waals surface area contributed by atoms with Gasteiger partial charge in [0.15, 0.2) is 11.5 Å². The summed E-state index contributed by atoms with van der Waals surface area (Å²) in [4.78, 5) is 0. The van der Waals surface area contributed by atoms with Gasteiger partial charge in [-0.1, -0.05) is 44.7 Å². The fraction of sp³-hybridized carbons (Fsp3) is 0.647. The number of ether oxygens (including phenoxy) is 1. The second-order valence-corrected chi connectivity index (χ2v) is 5.27. The van der Waals surface area contributed by atoms with Crippen molar-refractivity contribution in [3.63, 3.8) is 0 Å². The zero-order chi connectivity index (χ0) is 14.6. The van der Waals surface area contributed by atoms with Crippen LogP contribution in [0.3, 0.4) is 0 Å². The molecule has 0 aliphatic carbocycles. The van der Waals surface area contributed by atoms with Crippen LogP contribution in [0.4, 0.5) is 0 Å². The van der Waals surface area contributed by atoms with Crippen molar-refractivity contribution in [1.82, 2.24) is 0 Å². The molecule has 3 heteroatoms. The number of phenols is 2. The first-order valence-corrected chi connectivity index (χ1v) is 7.83. The minimum Gasteiger partial charge on any atom is -0.504 e. The van der Waals surface area contributed by atoms with E-state index >= 15 is 0 Å². The maximum Gasteiger partial charge on any atom is 0.160 e. The normalized spacial score (nSPS) is 10.8. The summed E-state index contributed by atoms with van der Waals surface area (Å²) < 4.78 is 5.52. The summed E-state index contributed by atoms with van der Waals surface area (Å²) in [6, 6.07) is 5.16. The standard InChI is InChI=1S/C17H28O3/c1-2-3-13-20-14-8-6-4-5-7-10-15-11-9-12-16(18)17(15)19/h9,11-12,18-19H,2-8,10,13-14H2,1H3. The maximum atomic E-state index is 9.67. The van der Waals surface area contributed by atoms with Crippen molar-refractivity contribution in [2.24, 2.45) is 0 Å². The molecule has 114 valence electrons. The average Bonchev–Trinajstić information content (AvgIpc) is 2.45. The van der Waals surface area contributed by atoms with Gasteiger partial charge in [-0.15, -0.1) is 0 Å². The molecule has 20 heavy (non-hydrogen) atoms. The fourth-order valence-electron chi connectivity index (χ4n) is 2.18. The zero-order valence-corrected chi connectivity index (χ0v) is 12.6. The molecule has 1 aromatic carbocycles. The molecule has 2 N–H and O–H groups in total. The molecule has 0 atom stereocenters. The minimum absolute atomic E-state index is 0.0215. The average molecular weight is 280 g/mol. The molecule has 0 aliphatic heterocycles. The Balaban J connectivity index is 1.98. The molecular weight excluding hydrogens is 252 g/mol. The second kappa shape index (κ2) is 10.6. The molecule has 0 radical (unpaired) electrons. The smallest absolute Gasteiger partial charge is 0.160 e. The molecule has 0 amide bonds. The Morgan fingerprint density at radius 2 is 1.60 bits per heavy atom. The van der Waals surface area contributed by atoms with E-state index in [0.29, 0.717) is 0 Å². The van der Waals surface area contributed by atoms with Crippen LogP contribution in [0.15, 0.2) is 18.2 Å². The Labute approximate surface area is 122 Å². The van der Waals surface area contributed by atoms with Crippen molar-refractivity contribution in [2.45, 2.75) is 58.3 Å². The maximum absolute atomic E-state index is 9.67. The van der Waals surface area contributed by atoms with Gasteiger partial charge in [0.1, 0.15) is 0 Å². The zero-order valence-electron chi connectivity index (χ0n) is 12.6. The van der Waals surface area contributed by atoms with Crippen LogP contribution in [0.1, 0.15) is 57.4 Å². The van der Waals surface area contributed by atoms with Gasteiger partial charge in [0.25, 0.3) is 0 Å². The first-order chi connectivity index (χ1) is 9.75. The number of unbranched alkanes of at least 4 members (excludes halogenated alkanes) is 5. The number of para-hydroxylation sites is 1. The quantitative estimate of drug-likeness (QED) is 0.466. The number of aromatic hydroxyl groups is 2. The Bertz CT molecular complexity index is 363. The summed E-state index contributed by atoms with van der Waals surface area (Å²) in [6.07, 6.45) is 8.94. The molecule has 0 aliphatic rings. The van der Waals surface area contributed by atoms with E-state index in [2.05, 4.69) is 6.92 Å². The Morgan fingerprint density at radius 3 is 2.40 bits per heavy atom. The summed E-state index contributed by atoms with van der Waals surface area (Å²) in [6.45, 7) is 3.95. The Morgan fingerprint density at radius 1 is 0.900 bits per heavy atom. The fourth-order valence-corrected chi connectivity index (χ4v) is 2.18. The van der Waals surface area contributed by atoms with E-state index in [4.69, 9.17) is 4.74 Å².